The zero-order valence-electron chi connectivity index (χ0n) is 14.1. The summed E-state index contributed by atoms with van der Waals surface area (Å²) >= 11 is 0. The lowest BCUT2D eigenvalue weighted by atomic mass is 10.1. The summed E-state index contributed by atoms with van der Waals surface area (Å²) in [6.07, 6.45) is -0.711. The highest BCUT2D eigenvalue weighted by molar-refractivity contribution is 5.79. The first-order valence-electron chi connectivity index (χ1n) is 8.00. The van der Waals surface area contributed by atoms with Crippen LogP contribution in [-0.4, -0.2) is 42.7 Å². The first kappa shape index (κ1) is 19.9. The molecule has 7 nitrogen and oxygen atoms in total. The molecule has 0 saturated heterocycles. The number of carboxylic acids is 1. The number of carbonyl (C=O) groups is 2. The third-order valence-electron chi connectivity index (χ3n) is 3.20. The fourth-order valence-corrected chi connectivity index (χ4v) is 2.05. The predicted octanol–water partition coefficient (Wildman–Crippen LogP) is 2.55. The van der Waals surface area contributed by atoms with Crippen LogP contribution in [0.15, 0.2) is 30.3 Å². The minimum Gasteiger partial charge on any atom is -0.480 e. The van der Waals surface area contributed by atoms with Gasteiger partial charge in [-0.1, -0.05) is 30.3 Å². The Balaban J connectivity index is 2.43. The molecule has 1 aromatic carbocycles. The summed E-state index contributed by atoms with van der Waals surface area (Å²) in [4.78, 5) is 23.1. The molecule has 0 aliphatic rings. The highest BCUT2D eigenvalue weighted by Gasteiger charge is 2.22. The number of carboxylic acid groups (broad SMARTS) is 1. The quantitative estimate of drug-likeness (QED) is 0.602. The van der Waals surface area contributed by atoms with E-state index in [1.54, 1.807) is 0 Å². The van der Waals surface area contributed by atoms with Gasteiger partial charge in [-0.2, -0.15) is 0 Å². The molecule has 0 aliphatic heterocycles. The summed E-state index contributed by atoms with van der Waals surface area (Å²) in [6, 6.07) is 8.10. The van der Waals surface area contributed by atoms with Crippen molar-refractivity contribution in [1.82, 2.24) is 5.32 Å². The van der Waals surface area contributed by atoms with Crippen LogP contribution >= 0.6 is 0 Å². The Kier molecular flexibility index (Phi) is 9.48. The third kappa shape index (κ3) is 7.94. The number of aliphatic carboxylic acids is 1. The number of carbonyl (C=O) groups excluding carboxylic acids is 1. The van der Waals surface area contributed by atoms with Crippen LogP contribution in [0.5, 0.6) is 0 Å². The molecule has 0 saturated carbocycles. The molecule has 1 amide bonds. The van der Waals surface area contributed by atoms with E-state index < -0.39 is 24.4 Å². The van der Waals surface area contributed by atoms with Crippen LogP contribution in [0.1, 0.15) is 32.3 Å². The van der Waals surface area contributed by atoms with Crippen molar-refractivity contribution in [3.05, 3.63) is 35.9 Å². The van der Waals surface area contributed by atoms with Crippen LogP contribution in [-0.2, 0) is 25.6 Å². The van der Waals surface area contributed by atoms with Crippen molar-refractivity contribution in [1.29, 1.82) is 0 Å². The van der Waals surface area contributed by atoms with Crippen LogP contribution in [0.3, 0.4) is 0 Å². The number of benzene rings is 1. The predicted molar refractivity (Wildman–Crippen MR) is 87.5 cm³/mol. The maximum Gasteiger partial charge on any atom is 0.408 e. The van der Waals surface area contributed by atoms with E-state index in [0.717, 1.165) is 5.56 Å². The van der Waals surface area contributed by atoms with Gasteiger partial charge in [-0.15, -0.1) is 0 Å². The molecule has 2 N–H and O–H groups in total. The summed E-state index contributed by atoms with van der Waals surface area (Å²) in [5.41, 5.74) is 0.826. The Morgan fingerprint density at radius 3 is 2.25 bits per heavy atom. The van der Waals surface area contributed by atoms with E-state index >= 15 is 0 Å². The monoisotopic (exact) mass is 339 g/mol. The highest BCUT2D eigenvalue weighted by Crippen LogP contribution is 2.08. The van der Waals surface area contributed by atoms with Gasteiger partial charge in [0.15, 0.2) is 6.29 Å². The topological polar surface area (TPSA) is 94.1 Å². The first-order chi connectivity index (χ1) is 11.6. The summed E-state index contributed by atoms with van der Waals surface area (Å²) in [5, 5.41) is 11.6. The van der Waals surface area contributed by atoms with E-state index in [4.69, 9.17) is 14.2 Å². The molecule has 1 atom stereocenters. The van der Waals surface area contributed by atoms with Crippen molar-refractivity contribution in [2.75, 3.05) is 13.2 Å². The number of rotatable bonds is 11. The molecule has 0 bridgehead atoms. The van der Waals surface area contributed by atoms with Gasteiger partial charge in [0.2, 0.25) is 0 Å². The molecule has 0 unspecified atom stereocenters. The summed E-state index contributed by atoms with van der Waals surface area (Å²) in [6.45, 7) is 4.68. The second-order valence-electron chi connectivity index (χ2n) is 5.01. The summed E-state index contributed by atoms with van der Waals surface area (Å²) < 4.78 is 15.8. The first-order valence-corrected chi connectivity index (χ1v) is 8.00. The van der Waals surface area contributed by atoms with Crippen molar-refractivity contribution in [3.8, 4) is 0 Å². The Labute approximate surface area is 141 Å². The minimum atomic E-state index is -1.13. The number of hydrogen-bond acceptors (Lipinski definition) is 5. The molecule has 0 aromatic heterocycles. The fourth-order valence-electron chi connectivity index (χ4n) is 2.05. The van der Waals surface area contributed by atoms with Crippen LogP contribution in [0.4, 0.5) is 4.79 Å². The van der Waals surface area contributed by atoms with E-state index in [9.17, 15) is 14.7 Å². The van der Waals surface area contributed by atoms with E-state index in [1.165, 1.54) is 0 Å². The molecule has 134 valence electrons. The van der Waals surface area contributed by atoms with Crippen LogP contribution in [0.2, 0.25) is 0 Å². The van der Waals surface area contributed by atoms with Crippen LogP contribution < -0.4 is 5.32 Å². The molecule has 0 aliphatic carbocycles. The van der Waals surface area contributed by atoms with Crippen molar-refractivity contribution in [2.24, 2.45) is 0 Å². The Morgan fingerprint density at radius 2 is 1.71 bits per heavy atom. The average molecular weight is 339 g/mol. The van der Waals surface area contributed by atoms with E-state index in [2.05, 4.69) is 5.32 Å². The maximum absolute atomic E-state index is 11.8. The second kappa shape index (κ2) is 11.4. The molecular formula is C17H25NO6. The van der Waals surface area contributed by atoms with Gasteiger partial charge in [0.25, 0.3) is 0 Å². The largest absolute Gasteiger partial charge is 0.480 e. The van der Waals surface area contributed by atoms with Gasteiger partial charge < -0.3 is 24.6 Å². The van der Waals surface area contributed by atoms with E-state index in [1.807, 2.05) is 44.2 Å². The molecule has 0 heterocycles. The number of hydrogen-bond donors (Lipinski definition) is 2. The normalized spacial score (nSPS) is 12.0. The van der Waals surface area contributed by atoms with Gasteiger partial charge >= 0.3 is 12.1 Å². The molecule has 24 heavy (non-hydrogen) atoms. The number of amides is 1. The van der Waals surface area contributed by atoms with Crippen molar-refractivity contribution in [3.63, 3.8) is 0 Å². The number of alkyl carbamates (subject to hydrolysis) is 1. The smallest absolute Gasteiger partial charge is 0.408 e. The van der Waals surface area contributed by atoms with Crippen molar-refractivity contribution in [2.45, 2.75) is 45.6 Å². The number of nitrogens with one attached hydrogen (secondary N) is 1. The van der Waals surface area contributed by atoms with E-state index in [-0.39, 0.29) is 13.0 Å². The highest BCUT2D eigenvalue weighted by atomic mass is 16.7. The molecule has 0 fully saturated rings. The molecular weight excluding hydrogens is 314 g/mol. The Bertz CT molecular complexity index is 487. The molecule has 7 heteroatoms. The Hall–Kier alpha value is -2.12. The standard InChI is InChI=1S/C17H25NO6/c1-3-22-15(23-4-2)11-10-14(16(19)20)18-17(21)24-12-13-8-6-5-7-9-13/h5-9,14-15H,3-4,10-12H2,1-2H3,(H,18,21)(H,19,20)/t14-/m0/s1. The van der Waals surface area contributed by atoms with Crippen molar-refractivity contribution >= 4 is 12.1 Å². The zero-order chi connectivity index (χ0) is 17.8. The average Bonchev–Trinajstić information content (AvgIpc) is 2.57. The zero-order valence-corrected chi connectivity index (χ0v) is 14.1. The second-order valence-corrected chi connectivity index (χ2v) is 5.01. The lowest BCUT2D eigenvalue weighted by molar-refractivity contribution is -0.146. The number of ether oxygens (including phenoxy) is 3. The van der Waals surface area contributed by atoms with Gasteiger partial charge in [-0.05, 0) is 25.8 Å². The van der Waals surface area contributed by atoms with Gasteiger partial charge in [-0.25, -0.2) is 9.59 Å². The molecule has 1 aromatic rings. The van der Waals surface area contributed by atoms with Crippen molar-refractivity contribution < 1.29 is 28.9 Å². The summed E-state index contributed by atoms with van der Waals surface area (Å²) in [5.74, 6) is -1.13. The van der Waals surface area contributed by atoms with Gasteiger partial charge in [0.1, 0.15) is 12.6 Å². The summed E-state index contributed by atoms with van der Waals surface area (Å²) in [7, 11) is 0. The third-order valence-corrected chi connectivity index (χ3v) is 3.20. The SMILES string of the molecule is CCOC(CC[C@H](NC(=O)OCc1ccccc1)C(=O)O)OCC. The van der Waals surface area contributed by atoms with Gasteiger partial charge in [0, 0.05) is 19.6 Å². The lowest BCUT2D eigenvalue weighted by Crippen LogP contribution is -2.41. The molecule has 0 radical (unpaired) electrons. The Morgan fingerprint density at radius 1 is 1.08 bits per heavy atom. The van der Waals surface area contributed by atoms with Gasteiger partial charge in [0.05, 0.1) is 0 Å². The van der Waals surface area contributed by atoms with Crippen LogP contribution in [0, 0.1) is 0 Å². The lowest BCUT2D eigenvalue weighted by Gasteiger charge is -2.19. The molecule has 0 spiro atoms. The molecule has 1 rings (SSSR count). The van der Waals surface area contributed by atoms with Gasteiger partial charge in [-0.3, -0.25) is 0 Å². The minimum absolute atomic E-state index is 0.0829. The maximum atomic E-state index is 11.8. The van der Waals surface area contributed by atoms with E-state index in [0.29, 0.717) is 19.6 Å². The fraction of sp³-hybridized carbons (Fsp3) is 0.529. The van der Waals surface area contributed by atoms with Crippen LogP contribution in [0.25, 0.3) is 0 Å².